The normalized spacial score (nSPS) is 30.0. The van der Waals surface area contributed by atoms with Crippen LogP contribution in [-0.2, 0) is 30.0 Å². The molecule has 0 aromatic heterocycles. The van der Waals surface area contributed by atoms with Gasteiger partial charge in [0.1, 0.15) is 17.7 Å². The Kier molecular flexibility index (Phi) is 10.3. The smallest absolute Gasteiger partial charge is 0.453 e. The first-order valence-electron chi connectivity index (χ1n) is 18.1. The fraction of sp³-hybridized carbons (Fsp3) is 0.676. The number of piperazine rings is 1. The Hall–Kier alpha value is -3.60. The Labute approximate surface area is 296 Å². The van der Waals surface area contributed by atoms with Gasteiger partial charge >= 0.3 is 19.3 Å². The molecule has 6 atom stereocenters. The summed E-state index contributed by atoms with van der Waals surface area (Å²) in [6.45, 7) is 13.6. The van der Waals surface area contributed by atoms with Crippen LogP contribution < -0.4 is 5.32 Å². The number of hydrogen-bond acceptors (Lipinski definition) is 9. The maximum atomic E-state index is 13.6. The lowest BCUT2D eigenvalue weighted by Crippen LogP contribution is -2.65. The van der Waals surface area contributed by atoms with Crippen molar-refractivity contribution in [3.05, 3.63) is 47.5 Å². The lowest BCUT2D eigenvalue weighted by atomic mass is 9.43. The number of likely N-dealkylation sites (tertiary alicyclic amines) is 1. The first-order valence-corrected chi connectivity index (χ1v) is 18.1. The number of nitrogens with zero attached hydrogens (tertiary/aromatic N) is 4. The van der Waals surface area contributed by atoms with Crippen LogP contribution in [0.25, 0.3) is 0 Å². The van der Waals surface area contributed by atoms with E-state index in [1.54, 1.807) is 15.9 Å². The highest BCUT2D eigenvalue weighted by atomic mass is 16.7. The van der Waals surface area contributed by atoms with E-state index in [0.29, 0.717) is 63.8 Å². The van der Waals surface area contributed by atoms with Crippen molar-refractivity contribution in [2.24, 2.45) is 17.3 Å². The number of hydrogen-bond donors (Lipinski definition) is 1. The predicted octanol–water partition coefficient (Wildman–Crippen LogP) is 4.19. The van der Waals surface area contributed by atoms with Gasteiger partial charge in [0.15, 0.2) is 0 Å². The Morgan fingerprint density at radius 3 is 2.48 bits per heavy atom. The minimum absolute atomic E-state index is 0.0184. The summed E-state index contributed by atoms with van der Waals surface area (Å²) >= 11 is 0. The summed E-state index contributed by atoms with van der Waals surface area (Å²) in [5, 5.41) is 13.1. The molecule has 13 heteroatoms. The molecule has 3 aliphatic carbocycles. The van der Waals surface area contributed by atoms with Gasteiger partial charge in [-0.05, 0) is 81.8 Å². The van der Waals surface area contributed by atoms with E-state index >= 15 is 0 Å². The van der Waals surface area contributed by atoms with Crippen molar-refractivity contribution >= 4 is 25.2 Å². The molecule has 270 valence electrons. The van der Waals surface area contributed by atoms with Crippen LogP contribution in [0, 0.1) is 28.6 Å². The first-order chi connectivity index (χ1) is 23.7. The highest BCUT2D eigenvalue weighted by Crippen LogP contribution is 2.65. The molecule has 0 spiro atoms. The predicted molar refractivity (Wildman–Crippen MR) is 187 cm³/mol. The second-order valence-electron chi connectivity index (χ2n) is 16.0. The molecule has 2 bridgehead atoms. The SMILES string of the molecule is COC(=O)N1CCN(C(C)(C)C=C(C#N)C(=O)N2CCC[C@H](OC(=O)N[C@@H](Cc3ccccc3)B3O[C@@H]4C[C@@H]5C[C@@H](C5(C)C)[C@]4(C)O3)C2)CC1. The van der Waals surface area contributed by atoms with E-state index in [4.69, 9.17) is 18.8 Å². The maximum absolute atomic E-state index is 13.6. The number of rotatable bonds is 8. The molecule has 3 aliphatic heterocycles. The van der Waals surface area contributed by atoms with Gasteiger partial charge in [-0.2, -0.15) is 5.26 Å². The fourth-order valence-electron chi connectivity index (χ4n) is 9.06. The van der Waals surface area contributed by atoms with Gasteiger partial charge in [-0.1, -0.05) is 44.2 Å². The van der Waals surface area contributed by atoms with Gasteiger partial charge < -0.3 is 33.9 Å². The van der Waals surface area contributed by atoms with E-state index in [1.807, 2.05) is 44.2 Å². The molecular weight excluding hydrogens is 637 g/mol. The van der Waals surface area contributed by atoms with E-state index in [9.17, 15) is 19.6 Å². The lowest BCUT2D eigenvalue weighted by molar-refractivity contribution is -0.199. The van der Waals surface area contributed by atoms with E-state index in [-0.39, 0.29) is 35.6 Å². The molecule has 0 unspecified atom stereocenters. The summed E-state index contributed by atoms with van der Waals surface area (Å²) in [4.78, 5) is 44.5. The number of alkyl carbamates (subject to hydrolysis) is 1. The van der Waals surface area contributed by atoms with Crippen molar-refractivity contribution in [3.63, 3.8) is 0 Å². The zero-order chi connectivity index (χ0) is 35.8. The maximum Gasteiger partial charge on any atom is 0.482 e. The van der Waals surface area contributed by atoms with Gasteiger partial charge in [0, 0.05) is 38.3 Å². The van der Waals surface area contributed by atoms with Gasteiger partial charge in [-0.15, -0.1) is 0 Å². The highest BCUT2D eigenvalue weighted by molar-refractivity contribution is 6.48. The van der Waals surface area contributed by atoms with Crippen LogP contribution in [0.15, 0.2) is 42.0 Å². The fourth-order valence-corrected chi connectivity index (χ4v) is 9.06. The van der Waals surface area contributed by atoms with Crippen LogP contribution in [0.3, 0.4) is 0 Å². The van der Waals surface area contributed by atoms with Crippen molar-refractivity contribution < 1.29 is 33.2 Å². The van der Waals surface area contributed by atoms with Crippen molar-refractivity contribution in [2.75, 3.05) is 46.4 Å². The Balaban J connectivity index is 1.08. The molecule has 1 aromatic rings. The number of benzene rings is 1. The molecule has 1 aromatic carbocycles. The van der Waals surface area contributed by atoms with Gasteiger partial charge in [0.2, 0.25) is 0 Å². The largest absolute Gasteiger partial charge is 0.482 e. The zero-order valence-electron chi connectivity index (χ0n) is 30.4. The quantitative estimate of drug-likeness (QED) is 0.242. The second kappa shape index (κ2) is 14.2. The van der Waals surface area contributed by atoms with Crippen molar-refractivity contribution in [2.45, 2.75) is 96.0 Å². The topological polar surface area (TPSA) is 134 Å². The zero-order valence-corrected chi connectivity index (χ0v) is 30.4. The Bertz CT molecular complexity index is 1510. The van der Waals surface area contributed by atoms with E-state index in [2.05, 4.69) is 37.1 Å². The number of piperidine rings is 1. The summed E-state index contributed by atoms with van der Waals surface area (Å²) < 4.78 is 24.1. The molecule has 3 saturated heterocycles. The van der Waals surface area contributed by atoms with Crippen LogP contribution in [0.4, 0.5) is 9.59 Å². The standard InChI is InChI=1S/C37H52BN5O7/c1-35(2,43-17-15-41(16-18-43)34(46)47-6)22-26(23-39)32(44)42-14-10-13-28(24-42)48-33(45)40-31(19-25-11-8-7-9-12-25)38-49-30-21-27-20-29(36(27,3)4)37(30,5)50-38/h7-9,11-12,22,27-31H,10,13-21,24H2,1-6H3,(H,40,45)/t27-,28-,29-,30+,31-,37-/m0/s1. The number of methoxy groups -OCH3 is 1. The number of nitrogens with one attached hydrogen (secondary N) is 1. The van der Waals surface area contributed by atoms with E-state index in [1.165, 1.54) is 7.11 Å². The van der Waals surface area contributed by atoms with Crippen LogP contribution >= 0.6 is 0 Å². The van der Waals surface area contributed by atoms with Gasteiger partial charge in [0.05, 0.1) is 31.3 Å². The third-order valence-corrected chi connectivity index (χ3v) is 12.2. The van der Waals surface area contributed by atoms with Crippen LogP contribution in [-0.4, -0.2) is 116 Å². The van der Waals surface area contributed by atoms with Gasteiger partial charge in [0.25, 0.3) is 5.91 Å². The van der Waals surface area contributed by atoms with Crippen LogP contribution in [0.2, 0.25) is 0 Å². The summed E-state index contributed by atoms with van der Waals surface area (Å²) in [6, 6.07) is 12.1. The number of amides is 3. The average molecular weight is 690 g/mol. The van der Waals surface area contributed by atoms with Crippen molar-refractivity contribution in [3.8, 4) is 6.07 Å². The molecule has 0 radical (unpaired) electrons. The number of nitriles is 1. The third-order valence-electron chi connectivity index (χ3n) is 12.2. The van der Waals surface area contributed by atoms with Crippen molar-refractivity contribution in [1.29, 1.82) is 5.26 Å². The minimum Gasteiger partial charge on any atom is -0.453 e. The average Bonchev–Trinajstić information content (AvgIpc) is 3.47. The summed E-state index contributed by atoms with van der Waals surface area (Å²) in [5.41, 5.74) is 0.286. The molecule has 12 nitrogen and oxygen atoms in total. The van der Waals surface area contributed by atoms with Crippen LogP contribution in [0.1, 0.15) is 65.9 Å². The highest BCUT2D eigenvalue weighted by Gasteiger charge is 2.68. The van der Waals surface area contributed by atoms with E-state index < -0.39 is 36.4 Å². The molecular formula is C37H52BN5O7. The molecule has 7 rings (SSSR count). The Morgan fingerprint density at radius 2 is 1.82 bits per heavy atom. The summed E-state index contributed by atoms with van der Waals surface area (Å²) in [7, 11) is 0.748. The Morgan fingerprint density at radius 1 is 1.10 bits per heavy atom. The summed E-state index contributed by atoms with van der Waals surface area (Å²) in [5.74, 6) is 0.156. The van der Waals surface area contributed by atoms with Gasteiger partial charge in [-0.25, -0.2) is 9.59 Å². The lowest BCUT2D eigenvalue weighted by Gasteiger charge is -2.64. The summed E-state index contributed by atoms with van der Waals surface area (Å²) in [6.07, 6.45) is 4.08. The van der Waals surface area contributed by atoms with Gasteiger partial charge in [-0.3, -0.25) is 9.69 Å². The second-order valence-corrected chi connectivity index (χ2v) is 16.0. The molecule has 6 aliphatic rings. The molecule has 1 N–H and O–H groups in total. The number of carbonyl (C=O) groups is 3. The minimum atomic E-state index is -0.618. The van der Waals surface area contributed by atoms with Crippen LogP contribution in [0.5, 0.6) is 0 Å². The first kappa shape index (κ1) is 36.2. The monoisotopic (exact) mass is 689 g/mol. The third kappa shape index (κ3) is 7.12. The molecule has 3 amide bonds. The van der Waals surface area contributed by atoms with E-state index in [0.717, 1.165) is 18.4 Å². The molecule has 50 heavy (non-hydrogen) atoms. The molecule has 3 heterocycles. The molecule has 6 fully saturated rings. The number of ether oxygens (including phenoxy) is 2. The number of carbonyl (C=O) groups excluding carboxylic acids is 3. The molecule has 3 saturated carbocycles. The van der Waals surface area contributed by atoms with Crippen molar-refractivity contribution in [1.82, 2.24) is 20.0 Å².